The number of carbonyl (C=O) groups excluding carboxylic acids is 1. The fraction of sp³-hybridized carbons (Fsp3) is 0.364. The minimum Gasteiger partial charge on any atom is -0.366 e. The second kappa shape index (κ2) is 8.65. The number of carbonyl (C=O) groups is 1. The lowest BCUT2D eigenvalue weighted by atomic mass is 10.0. The van der Waals surface area contributed by atoms with Crippen LogP contribution >= 0.6 is 0 Å². The first kappa shape index (κ1) is 19.7. The predicted octanol–water partition coefficient (Wildman–Crippen LogP) is 4.50. The molecule has 4 heteroatoms. The second-order valence-corrected chi connectivity index (χ2v) is 6.92. The van der Waals surface area contributed by atoms with E-state index < -0.39 is 0 Å². The summed E-state index contributed by atoms with van der Waals surface area (Å²) >= 11 is 0. The Morgan fingerprint density at radius 2 is 1.69 bits per heavy atom. The van der Waals surface area contributed by atoms with Crippen LogP contribution in [0.15, 0.2) is 41.4 Å². The van der Waals surface area contributed by atoms with E-state index in [1.165, 1.54) is 5.56 Å². The number of aliphatic imine (C=N–C) groups is 1. The molecule has 0 atom stereocenters. The van der Waals surface area contributed by atoms with Gasteiger partial charge in [0.1, 0.15) is 0 Å². The molecule has 0 radical (unpaired) electrons. The van der Waals surface area contributed by atoms with Crippen molar-refractivity contribution >= 4 is 17.9 Å². The molecule has 4 nitrogen and oxygen atoms in total. The molecule has 0 saturated heterocycles. The maximum absolute atomic E-state index is 12.9. The van der Waals surface area contributed by atoms with Gasteiger partial charge in [-0.25, -0.2) is 4.99 Å². The highest BCUT2D eigenvalue weighted by molar-refractivity contribution is 5.96. The summed E-state index contributed by atoms with van der Waals surface area (Å²) in [7, 11) is 3.84. The number of hydrogen-bond acceptors (Lipinski definition) is 2. The molecule has 0 heterocycles. The molecule has 1 amide bonds. The fourth-order valence-corrected chi connectivity index (χ4v) is 2.66. The third-order valence-electron chi connectivity index (χ3n) is 4.55. The van der Waals surface area contributed by atoms with Crippen LogP contribution in [-0.2, 0) is 6.54 Å². The standard InChI is InChI=1S/C22H29N3O/c1-7-24(5)15-23-21-13-17(3)20(12-18(21)4)22(26)25(6)14-19-10-8-16(2)9-11-19/h8-13,15H,7,14H2,1-6H3/b23-15+. The maximum atomic E-state index is 12.9. The van der Waals surface area contributed by atoms with Gasteiger partial charge >= 0.3 is 0 Å². The van der Waals surface area contributed by atoms with Crippen molar-refractivity contribution in [2.75, 3.05) is 20.6 Å². The number of rotatable bonds is 6. The van der Waals surface area contributed by atoms with Crippen LogP contribution in [0, 0.1) is 20.8 Å². The van der Waals surface area contributed by atoms with Crippen LogP contribution in [0.1, 0.15) is 39.5 Å². The molecule has 0 aromatic heterocycles. The number of hydrogen-bond donors (Lipinski definition) is 0. The first-order valence-electron chi connectivity index (χ1n) is 8.98. The van der Waals surface area contributed by atoms with E-state index in [-0.39, 0.29) is 5.91 Å². The van der Waals surface area contributed by atoms with Gasteiger partial charge in [0.2, 0.25) is 0 Å². The second-order valence-electron chi connectivity index (χ2n) is 6.92. The summed E-state index contributed by atoms with van der Waals surface area (Å²) in [6.07, 6.45) is 1.83. The molecule has 0 unspecified atom stereocenters. The maximum Gasteiger partial charge on any atom is 0.254 e. The third kappa shape index (κ3) is 4.94. The number of aryl methyl sites for hydroxylation is 3. The Morgan fingerprint density at radius 3 is 2.31 bits per heavy atom. The topological polar surface area (TPSA) is 35.9 Å². The van der Waals surface area contributed by atoms with Gasteiger partial charge in [-0.3, -0.25) is 4.79 Å². The van der Waals surface area contributed by atoms with Gasteiger partial charge in [-0.15, -0.1) is 0 Å². The fourth-order valence-electron chi connectivity index (χ4n) is 2.66. The number of amides is 1. The minimum absolute atomic E-state index is 0.0346. The van der Waals surface area contributed by atoms with Crippen molar-refractivity contribution in [3.8, 4) is 0 Å². The quantitative estimate of drug-likeness (QED) is 0.568. The summed E-state index contributed by atoms with van der Waals surface area (Å²) < 4.78 is 0. The van der Waals surface area contributed by atoms with Crippen molar-refractivity contribution in [3.05, 3.63) is 64.2 Å². The lowest BCUT2D eigenvalue weighted by Gasteiger charge is -2.19. The van der Waals surface area contributed by atoms with Crippen LogP contribution in [-0.4, -0.2) is 42.7 Å². The van der Waals surface area contributed by atoms with Gasteiger partial charge in [0.15, 0.2) is 0 Å². The van der Waals surface area contributed by atoms with E-state index in [0.717, 1.165) is 34.5 Å². The zero-order chi connectivity index (χ0) is 19.3. The van der Waals surface area contributed by atoms with Gasteiger partial charge in [-0.05, 0) is 56.5 Å². The van der Waals surface area contributed by atoms with Crippen molar-refractivity contribution in [1.29, 1.82) is 0 Å². The van der Waals surface area contributed by atoms with Crippen molar-refractivity contribution in [2.24, 2.45) is 4.99 Å². The molecule has 0 aliphatic heterocycles. The third-order valence-corrected chi connectivity index (χ3v) is 4.55. The van der Waals surface area contributed by atoms with Gasteiger partial charge in [0.05, 0.1) is 12.0 Å². The van der Waals surface area contributed by atoms with Crippen LogP contribution in [0.5, 0.6) is 0 Å². The number of benzene rings is 2. The van der Waals surface area contributed by atoms with E-state index >= 15 is 0 Å². The van der Waals surface area contributed by atoms with Crippen LogP contribution in [0.3, 0.4) is 0 Å². The van der Waals surface area contributed by atoms with Crippen LogP contribution < -0.4 is 0 Å². The monoisotopic (exact) mass is 351 g/mol. The molecular weight excluding hydrogens is 322 g/mol. The summed E-state index contributed by atoms with van der Waals surface area (Å²) in [5.74, 6) is 0.0346. The number of nitrogens with zero attached hydrogens (tertiary/aromatic N) is 3. The Hall–Kier alpha value is -2.62. The van der Waals surface area contributed by atoms with Crippen molar-refractivity contribution < 1.29 is 4.79 Å². The van der Waals surface area contributed by atoms with E-state index in [0.29, 0.717) is 6.54 Å². The van der Waals surface area contributed by atoms with Crippen molar-refractivity contribution in [3.63, 3.8) is 0 Å². The SMILES string of the molecule is CCN(C)/C=N/c1cc(C)c(C(=O)N(C)Cc2ccc(C)cc2)cc1C. The van der Waals surface area contributed by atoms with Gasteiger partial charge in [0.25, 0.3) is 5.91 Å². The van der Waals surface area contributed by atoms with Crippen molar-refractivity contribution in [1.82, 2.24) is 9.80 Å². The normalized spacial score (nSPS) is 11.0. The summed E-state index contributed by atoms with van der Waals surface area (Å²) in [5, 5.41) is 0. The van der Waals surface area contributed by atoms with Gasteiger partial charge < -0.3 is 9.80 Å². The molecule has 0 aliphatic carbocycles. The molecule has 138 valence electrons. The summed E-state index contributed by atoms with van der Waals surface area (Å²) in [6.45, 7) is 9.60. The van der Waals surface area contributed by atoms with Gasteiger partial charge in [0, 0.05) is 32.7 Å². The van der Waals surface area contributed by atoms with Crippen molar-refractivity contribution in [2.45, 2.75) is 34.2 Å². The van der Waals surface area contributed by atoms with Gasteiger partial charge in [-0.1, -0.05) is 29.8 Å². The highest BCUT2D eigenvalue weighted by Gasteiger charge is 2.16. The van der Waals surface area contributed by atoms with Gasteiger partial charge in [-0.2, -0.15) is 0 Å². The average Bonchev–Trinajstić information content (AvgIpc) is 2.62. The molecule has 0 spiro atoms. The zero-order valence-electron chi connectivity index (χ0n) is 16.7. The van der Waals surface area contributed by atoms with Crippen LogP contribution in [0.4, 0.5) is 5.69 Å². The largest absolute Gasteiger partial charge is 0.366 e. The molecule has 0 aliphatic rings. The first-order chi connectivity index (χ1) is 12.3. The molecule has 0 saturated carbocycles. The molecule has 2 rings (SSSR count). The Balaban J connectivity index is 2.19. The predicted molar refractivity (Wildman–Crippen MR) is 109 cm³/mol. The lowest BCUT2D eigenvalue weighted by Crippen LogP contribution is -2.27. The smallest absolute Gasteiger partial charge is 0.254 e. The highest BCUT2D eigenvalue weighted by atomic mass is 16.2. The Morgan fingerprint density at radius 1 is 1.04 bits per heavy atom. The Labute approximate surface area is 157 Å². The van der Waals surface area contributed by atoms with E-state index in [2.05, 4.69) is 43.1 Å². The molecule has 0 bridgehead atoms. The molecule has 2 aromatic rings. The van der Waals surface area contributed by atoms with Crippen LogP contribution in [0.25, 0.3) is 0 Å². The first-order valence-corrected chi connectivity index (χ1v) is 8.98. The highest BCUT2D eigenvalue weighted by Crippen LogP contribution is 2.24. The lowest BCUT2D eigenvalue weighted by molar-refractivity contribution is 0.0784. The van der Waals surface area contributed by atoms with E-state index in [9.17, 15) is 4.79 Å². The zero-order valence-corrected chi connectivity index (χ0v) is 16.7. The molecule has 0 N–H and O–H groups in total. The Kier molecular flexibility index (Phi) is 6.56. The average molecular weight is 351 g/mol. The van der Waals surface area contributed by atoms with E-state index in [1.807, 2.05) is 51.3 Å². The van der Waals surface area contributed by atoms with E-state index in [1.54, 1.807) is 4.90 Å². The summed E-state index contributed by atoms with van der Waals surface area (Å²) in [5.41, 5.74) is 5.94. The molecule has 0 fully saturated rings. The molecular formula is C22H29N3O. The summed E-state index contributed by atoms with van der Waals surface area (Å²) in [6, 6.07) is 12.2. The Bertz CT molecular complexity index is 794. The van der Waals surface area contributed by atoms with Crippen LogP contribution in [0.2, 0.25) is 0 Å². The minimum atomic E-state index is 0.0346. The summed E-state index contributed by atoms with van der Waals surface area (Å²) in [4.78, 5) is 21.2. The van der Waals surface area contributed by atoms with E-state index in [4.69, 9.17) is 0 Å². The molecule has 26 heavy (non-hydrogen) atoms. The molecule has 2 aromatic carbocycles.